The molecule has 4 aliphatic rings. The Hall–Kier alpha value is -2.28. The highest BCUT2D eigenvalue weighted by molar-refractivity contribution is 7.99. The first-order valence-electron chi connectivity index (χ1n) is 12.2. The average molecular weight is 468 g/mol. The van der Waals surface area contributed by atoms with Crippen LogP contribution in [-0.2, 0) is 16.0 Å². The van der Waals surface area contributed by atoms with E-state index in [4.69, 9.17) is 4.74 Å². The molecule has 1 heterocycles. The molecular weight excluding hydrogens is 434 g/mol. The van der Waals surface area contributed by atoms with Crippen LogP contribution in [0.25, 0.3) is 5.69 Å². The number of benzene rings is 1. The van der Waals surface area contributed by atoms with E-state index in [-0.39, 0.29) is 18.3 Å². The van der Waals surface area contributed by atoms with Gasteiger partial charge in [0.05, 0.1) is 31.0 Å². The summed E-state index contributed by atoms with van der Waals surface area (Å²) in [6.45, 7) is 2.14. The molecule has 0 radical (unpaired) electrons. The van der Waals surface area contributed by atoms with Crippen molar-refractivity contribution in [2.75, 3.05) is 12.9 Å². The average Bonchev–Trinajstić information content (AvgIpc) is 3.23. The van der Waals surface area contributed by atoms with Crippen molar-refractivity contribution in [2.45, 2.75) is 62.9 Å². The molecule has 33 heavy (non-hydrogen) atoms. The normalized spacial score (nSPS) is 27.5. The monoisotopic (exact) mass is 467 g/mol. The zero-order valence-corrected chi connectivity index (χ0v) is 20.3. The second-order valence-electron chi connectivity index (χ2n) is 9.97. The SMILES string of the molecule is CCCSc1c(C(=O)NC2C3CC4CC(C3)CC2C4)cnn1-c1ccc(CC(=O)OC)cc1. The molecule has 4 fully saturated rings. The summed E-state index contributed by atoms with van der Waals surface area (Å²) in [7, 11) is 1.40. The fourth-order valence-corrected chi connectivity index (χ4v) is 7.37. The minimum absolute atomic E-state index is 0.0136. The molecule has 0 aliphatic heterocycles. The summed E-state index contributed by atoms with van der Waals surface area (Å²) in [6, 6.07) is 8.03. The zero-order chi connectivity index (χ0) is 22.9. The first kappa shape index (κ1) is 22.5. The van der Waals surface area contributed by atoms with Crippen LogP contribution in [-0.4, -0.2) is 40.6 Å². The van der Waals surface area contributed by atoms with Gasteiger partial charge in [0.25, 0.3) is 5.91 Å². The van der Waals surface area contributed by atoms with E-state index in [9.17, 15) is 9.59 Å². The van der Waals surface area contributed by atoms with Crippen LogP contribution < -0.4 is 5.32 Å². The molecule has 2 aromatic rings. The van der Waals surface area contributed by atoms with Crippen molar-refractivity contribution in [3.8, 4) is 5.69 Å². The van der Waals surface area contributed by atoms with Gasteiger partial charge in [0.1, 0.15) is 5.03 Å². The highest BCUT2D eigenvalue weighted by Gasteiger charge is 2.48. The van der Waals surface area contributed by atoms with Gasteiger partial charge >= 0.3 is 5.97 Å². The third kappa shape index (κ3) is 4.57. The van der Waals surface area contributed by atoms with Crippen LogP contribution in [0.4, 0.5) is 0 Å². The lowest BCUT2D eigenvalue weighted by atomic mass is 9.54. The number of esters is 1. The quantitative estimate of drug-likeness (QED) is 0.452. The van der Waals surface area contributed by atoms with Gasteiger partial charge in [-0.3, -0.25) is 9.59 Å². The van der Waals surface area contributed by atoms with E-state index in [0.29, 0.717) is 23.4 Å². The number of nitrogens with one attached hydrogen (secondary N) is 1. The number of hydrogen-bond acceptors (Lipinski definition) is 5. The minimum Gasteiger partial charge on any atom is -0.469 e. The maximum atomic E-state index is 13.4. The van der Waals surface area contributed by atoms with Gasteiger partial charge in [0.2, 0.25) is 0 Å². The third-order valence-corrected chi connectivity index (χ3v) is 8.97. The maximum Gasteiger partial charge on any atom is 0.309 e. The topological polar surface area (TPSA) is 73.2 Å². The number of thioether (sulfide) groups is 1. The number of amides is 1. The molecule has 1 aromatic carbocycles. The van der Waals surface area contributed by atoms with Gasteiger partial charge in [-0.05, 0) is 85.6 Å². The Morgan fingerprint density at radius 1 is 1.09 bits per heavy atom. The van der Waals surface area contributed by atoms with E-state index in [0.717, 1.165) is 40.3 Å². The Labute approximate surface area is 199 Å². The van der Waals surface area contributed by atoms with Crippen molar-refractivity contribution in [3.05, 3.63) is 41.6 Å². The molecule has 0 unspecified atom stereocenters. The molecule has 176 valence electrons. The first-order chi connectivity index (χ1) is 16.1. The number of methoxy groups -OCH3 is 1. The molecule has 0 saturated heterocycles. The molecule has 4 aliphatic carbocycles. The number of ether oxygens (including phenoxy) is 1. The van der Waals surface area contributed by atoms with Gasteiger partial charge in [-0.2, -0.15) is 5.10 Å². The van der Waals surface area contributed by atoms with Gasteiger partial charge in [-0.1, -0.05) is 19.1 Å². The summed E-state index contributed by atoms with van der Waals surface area (Å²) in [5.41, 5.74) is 2.44. The Kier molecular flexibility index (Phi) is 6.50. The first-order valence-corrected chi connectivity index (χ1v) is 13.2. The lowest BCUT2D eigenvalue weighted by Gasteiger charge is -2.54. The van der Waals surface area contributed by atoms with Crippen molar-refractivity contribution in [3.63, 3.8) is 0 Å². The van der Waals surface area contributed by atoms with Gasteiger partial charge in [-0.25, -0.2) is 4.68 Å². The third-order valence-electron chi connectivity index (χ3n) is 7.69. The van der Waals surface area contributed by atoms with Crippen molar-refractivity contribution < 1.29 is 14.3 Å². The summed E-state index contributed by atoms with van der Waals surface area (Å²) in [4.78, 5) is 25.0. The zero-order valence-electron chi connectivity index (χ0n) is 19.5. The van der Waals surface area contributed by atoms with Gasteiger partial charge in [0.15, 0.2) is 0 Å². The minimum atomic E-state index is -0.259. The fourth-order valence-electron chi connectivity index (χ4n) is 6.40. The second-order valence-corrected chi connectivity index (χ2v) is 11.1. The highest BCUT2D eigenvalue weighted by Crippen LogP contribution is 2.53. The molecule has 1 aromatic heterocycles. The van der Waals surface area contributed by atoms with Crippen LogP contribution >= 0.6 is 11.8 Å². The predicted molar refractivity (Wildman–Crippen MR) is 129 cm³/mol. The molecule has 7 heteroatoms. The van der Waals surface area contributed by atoms with Gasteiger partial charge < -0.3 is 10.1 Å². The van der Waals surface area contributed by atoms with E-state index in [2.05, 4.69) is 17.3 Å². The molecule has 4 bridgehead atoms. The van der Waals surface area contributed by atoms with Crippen molar-refractivity contribution in [1.82, 2.24) is 15.1 Å². The van der Waals surface area contributed by atoms with E-state index in [1.807, 2.05) is 28.9 Å². The van der Waals surface area contributed by atoms with Crippen LogP contribution in [0.5, 0.6) is 0 Å². The van der Waals surface area contributed by atoms with Gasteiger partial charge in [0, 0.05) is 6.04 Å². The fraction of sp³-hybridized carbons (Fsp3) is 0.577. The molecule has 4 saturated carbocycles. The molecule has 1 amide bonds. The predicted octanol–water partition coefficient (Wildman–Crippen LogP) is 4.64. The lowest BCUT2D eigenvalue weighted by Crippen LogP contribution is -2.55. The number of nitrogens with zero attached hydrogens (tertiary/aromatic N) is 2. The lowest BCUT2D eigenvalue weighted by molar-refractivity contribution is -0.139. The number of rotatable bonds is 8. The van der Waals surface area contributed by atoms with Gasteiger partial charge in [-0.15, -0.1) is 11.8 Å². The van der Waals surface area contributed by atoms with Crippen LogP contribution in [0.1, 0.15) is 61.4 Å². The Balaban J connectivity index is 1.36. The molecule has 6 rings (SSSR count). The van der Waals surface area contributed by atoms with Crippen molar-refractivity contribution in [2.24, 2.45) is 23.7 Å². The van der Waals surface area contributed by atoms with Crippen LogP contribution in [0, 0.1) is 23.7 Å². The standard InChI is InChI=1S/C26H33N3O3S/c1-3-8-33-26-22(15-27-29(26)21-6-4-16(5-7-21)14-23(30)32-2)25(31)28-24-19-10-17-9-18(12-19)13-20(24)11-17/h4-7,15,17-20,24H,3,8-14H2,1-2H3,(H,28,31). The largest absolute Gasteiger partial charge is 0.469 e. The van der Waals surface area contributed by atoms with E-state index in [1.54, 1.807) is 18.0 Å². The Bertz CT molecular complexity index is 988. The smallest absolute Gasteiger partial charge is 0.309 e. The molecule has 0 atom stereocenters. The highest BCUT2D eigenvalue weighted by atomic mass is 32.2. The second kappa shape index (κ2) is 9.53. The summed E-state index contributed by atoms with van der Waals surface area (Å²) in [5.74, 6) is 3.75. The van der Waals surface area contributed by atoms with Crippen LogP contribution in [0.3, 0.4) is 0 Å². The molecule has 1 N–H and O–H groups in total. The van der Waals surface area contributed by atoms with E-state index < -0.39 is 0 Å². The number of carbonyl (C=O) groups is 2. The Morgan fingerprint density at radius 3 is 2.36 bits per heavy atom. The summed E-state index contributed by atoms with van der Waals surface area (Å²) in [5, 5.41) is 8.92. The number of carbonyl (C=O) groups excluding carboxylic acids is 2. The van der Waals surface area contributed by atoms with Crippen LogP contribution in [0.2, 0.25) is 0 Å². The van der Waals surface area contributed by atoms with E-state index in [1.165, 1.54) is 39.2 Å². The summed E-state index contributed by atoms with van der Waals surface area (Å²) >= 11 is 1.68. The summed E-state index contributed by atoms with van der Waals surface area (Å²) < 4.78 is 6.61. The Morgan fingerprint density at radius 2 is 1.76 bits per heavy atom. The molecule has 6 nitrogen and oxygen atoms in total. The van der Waals surface area contributed by atoms with Crippen molar-refractivity contribution in [1.29, 1.82) is 0 Å². The van der Waals surface area contributed by atoms with E-state index >= 15 is 0 Å². The summed E-state index contributed by atoms with van der Waals surface area (Å²) in [6.07, 6.45) is 9.53. The number of hydrogen-bond donors (Lipinski definition) is 1. The maximum absolute atomic E-state index is 13.4. The number of aromatic nitrogens is 2. The molecule has 0 spiro atoms. The van der Waals surface area contributed by atoms with Crippen molar-refractivity contribution >= 4 is 23.6 Å². The van der Waals surface area contributed by atoms with Crippen LogP contribution in [0.15, 0.2) is 35.5 Å². The molecular formula is C26H33N3O3S.